The maximum absolute atomic E-state index is 6.40. The number of thioether (sulfide) groups is 1. The summed E-state index contributed by atoms with van der Waals surface area (Å²) >= 11 is 7.75. The molecule has 140 valence electrons. The van der Waals surface area contributed by atoms with Crippen LogP contribution in [0.15, 0.2) is 41.7 Å². The standard InChI is InChI=1S/C20H20ClN3O2S/c1-11-18-17(4-5-25-11)26-16-3-2-12(13-6-14(21)9-23-8-13)7-15(16)20(18)10-27-19(22)24-20/h2-3,6-9,11,17-18H,4-5,10H2,1H3,(H2,22,24). The van der Waals surface area contributed by atoms with Crippen molar-refractivity contribution in [3.63, 3.8) is 0 Å². The number of nitrogens with two attached hydrogens (primary N) is 1. The van der Waals surface area contributed by atoms with E-state index in [1.807, 2.05) is 18.3 Å². The highest BCUT2D eigenvalue weighted by atomic mass is 35.5. The molecule has 4 heterocycles. The Morgan fingerprint density at radius 3 is 2.93 bits per heavy atom. The van der Waals surface area contributed by atoms with Crippen molar-refractivity contribution in [1.82, 2.24) is 4.98 Å². The molecule has 0 saturated carbocycles. The molecule has 0 radical (unpaired) electrons. The summed E-state index contributed by atoms with van der Waals surface area (Å²) in [7, 11) is 0. The van der Waals surface area contributed by atoms with Crippen molar-refractivity contribution in [3.05, 3.63) is 47.2 Å². The number of fused-ring (bicyclic) bond motifs is 4. The first-order chi connectivity index (χ1) is 13.1. The summed E-state index contributed by atoms with van der Waals surface area (Å²) in [5, 5.41) is 1.25. The average molecular weight is 402 g/mol. The molecular weight excluding hydrogens is 382 g/mol. The fourth-order valence-electron chi connectivity index (χ4n) is 4.60. The van der Waals surface area contributed by atoms with E-state index in [2.05, 4.69) is 24.0 Å². The summed E-state index contributed by atoms with van der Waals surface area (Å²) in [4.78, 5) is 9.18. The van der Waals surface area contributed by atoms with E-state index in [0.717, 1.165) is 34.6 Å². The van der Waals surface area contributed by atoms with Crippen LogP contribution < -0.4 is 10.5 Å². The zero-order chi connectivity index (χ0) is 18.6. The summed E-state index contributed by atoms with van der Waals surface area (Å²) in [6.07, 6.45) is 4.48. The number of nitrogens with zero attached hydrogens (tertiary/aromatic N) is 2. The van der Waals surface area contributed by atoms with Crippen molar-refractivity contribution in [2.45, 2.75) is 31.1 Å². The Morgan fingerprint density at radius 1 is 1.26 bits per heavy atom. The molecule has 4 atom stereocenters. The molecule has 2 aromatic rings. The highest BCUT2D eigenvalue weighted by molar-refractivity contribution is 8.14. The Morgan fingerprint density at radius 2 is 2.15 bits per heavy atom. The van der Waals surface area contributed by atoms with Gasteiger partial charge in [0.15, 0.2) is 5.17 Å². The monoisotopic (exact) mass is 401 g/mol. The Kier molecular flexibility index (Phi) is 4.11. The van der Waals surface area contributed by atoms with Crippen LogP contribution in [0.4, 0.5) is 0 Å². The van der Waals surface area contributed by atoms with Crippen LogP contribution in [0.2, 0.25) is 5.02 Å². The topological polar surface area (TPSA) is 69.7 Å². The third-order valence-electron chi connectivity index (χ3n) is 5.75. The van der Waals surface area contributed by atoms with Gasteiger partial charge in [-0.25, -0.2) is 4.99 Å². The van der Waals surface area contributed by atoms with Gasteiger partial charge in [-0.2, -0.15) is 0 Å². The van der Waals surface area contributed by atoms with Crippen molar-refractivity contribution < 1.29 is 9.47 Å². The second-order valence-corrected chi connectivity index (χ2v) is 8.74. The van der Waals surface area contributed by atoms with Gasteiger partial charge in [-0.15, -0.1) is 0 Å². The number of halogens is 1. The van der Waals surface area contributed by atoms with Gasteiger partial charge in [-0.1, -0.05) is 29.4 Å². The zero-order valence-corrected chi connectivity index (χ0v) is 16.5. The molecule has 1 aromatic heterocycles. The molecule has 1 aromatic carbocycles. The summed E-state index contributed by atoms with van der Waals surface area (Å²) in [5.41, 5.74) is 8.80. The number of benzene rings is 1. The molecule has 0 bridgehead atoms. The number of ether oxygens (including phenoxy) is 2. The molecule has 1 fully saturated rings. The fraction of sp³-hybridized carbons (Fsp3) is 0.400. The lowest BCUT2D eigenvalue weighted by atomic mass is 9.70. The van der Waals surface area contributed by atoms with Crippen molar-refractivity contribution >= 4 is 28.5 Å². The first-order valence-electron chi connectivity index (χ1n) is 9.09. The van der Waals surface area contributed by atoms with Crippen LogP contribution in [0.1, 0.15) is 18.9 Å². The molecule has 0 amide bonds. The Labute approximate surface area is 167 Å². The van der Waals surface area contributed by atoms with Crippen LogP contribution in [-0.4, -0.2) is 34.7 Å². The molecule has 0 aliphatic carbocycles. The third-order valence-corrected chi connectivity index (χ3v) is 6.93. The van der Waals surface area contributed by atoms with E-state index in [0.29, 0.717) is 16.8 Å². The summed E-state index contributed by atoms with van der Waals surface area (Å²) in [5.74, 6) is 1.84. The zero-order valence-electron chi connectivity index (χ0n) is 14.9. The number of rotatable bonds is 1. The lowest BCUT2D eigenvalue weighted by molar-refractivity contribution is -0.108. The van der Waals surface area contributed by atoms with Crippen molar-refractivity contribution in [2.75, 3.05) is 12.4 Å². The fourth-order valence-corrected chi connectivity index (χ4v) is 5.78. The molecule has 3 aliphatic heterocycles. The predicted molar refractivity (Wildman–Crippen MR) is 108 cm³/mol. The largest absolute Gasteiger partial charge is 0.489 e. The third kappa shape index (κ3) is 2.73. The van der Waals surface area contributed by atoms with Crippen LogP contribution >= 0.6 is 23.4 Å². The van der Waals surface area contributed by atoms with Crippen LogP contribution in [0.3, 0.4) is 0 Å². The Balaban J connectivity index is 1.69. The SMILES string of the molecule is CC1OCCC2Oc3ccc(-c4cncc(Cl)c4)cc3C3(CSC(N)=N3)C12. The van der Waals surface area contributed by atoms with E-state index in [1.165, 1.54) is 0 Å². The summed E-state index contributed by atoms with van der Waals surface area (Å²) in [6, 6.07) is 8.17. The normalized spacial score (nSPS) is 31.8. The minimum absolute atomic E-state index is 0.0589. The van der Waals surface area contributed by atoms with Gasteiger partial charge in [-0.3, -0.25) is 4.98 Å². The maximum Gasteiger partial charge on any atom is 0.154 e. The van der Waals surface area contributed by atoms with Gasteiger partial charge in [0.1, 0.15) is 17.4 Å². The predicted octanol–water partition coefficient (Wildman–Crippen LogP) is 3.84. The summed E-state index contributed by atoms with van der Waals surface area (Å²) < 4.78 is 12.4. The smallest absolute Gasteiger partial charge is 0.154 e. The van der Waals surface area contributed by atoms with Gasteiger partial charge in [0.2, 0.25) is 0 Å². The van der Waals surface area contributed by atoms with Crippen LogP contribution in [-0.2, 0) is 10.3 Å². The molecule has 3 aliphatic rings. The van der Waals surface area contributed by atoms with Gasteiger partial charge in [-0.05, 0) is 30.7 Å². The summed E-state index contributed by atoms with van der Waals surface area (Å²) in [6.45, 7) is 2.83. The molecule has 1 saturated heterocycles. The molecule has 27 heavy (non-hydrogen) atoms. The number of hydrogen-bond donors (Lipinski definition) is 1. The molecule has 5 nitrogen and oxygen atoms in total. The highest BCUT2D eigenvalue weighted by Gasteiger charge is 2.56. The van der Waals surface area contributed by atoms with Crippen molar-refractivity contribution in [1.29, 1.82) is 0 Å². The number of pyridine rings is 1. The van der Waals surface area contributed by atoms with Crippen LogP contribution in [0.25, 0.3) is 11.1 Å². The van der Waals surface area contributed by atoms with E-state index in [-0.39, 0.29) is 18.1 Å². The number of amidine groups is 1. The van der Waals surface area contributed by atoms with E-state index in [1.54, 1.807) is 18.0 Å². The molecule has 1 spiro atoms. The van der Waals surface area contributed by atoms with Crippen LogP contribution in [0.5, 0.6) is 5.75 Å². The first kappa shape index (κ1) is 17.3. The molecular formula is C20H20ClN3O2S. The van der Waals surface area contributed by atoms with Crippen molar-refractivity contribution in [2.24, 2.45) is 16.6 Å². The highest BCUT2D eigenvalue weighted by Crippen LogP contribution is 2.54. The molecule has 4 unspecified atom stereocenters. The molecule has 5 rings (SSSR count). The van der Waals surface area contributed by atoms with Gasteiger partial charge in [0.05, 0.1) is 23.7 Å². The van der Waals surface area contributed by atoms with E-state index in [4.69, 9.17) is 31.8 Å². The van der Waals surface area contributed by atoms with Gasteiger partial charge in [0, 0.05) is 35.7 Å². The minimum Gasteiger partial charge on any atom is -0.489 e. The van der Waals surface area contributed by atoms with E-state index in [9.17, 15) is 0 Å². The second-order valence-electron chi connectivity index (χ2n) is 7.31. The van der Waals surface area contributed by atoms with E-state index < -0.39 is 5.54 Å². The lowest BCUT2D eigenvalue weighted by Crippen LogP contribution is -2.55. The molecule has 2 N–H and O–H groups in total. The van der Waals surface area contributed by atoms with Crippen molar-refractivity contribution in [3.8, 4) is 16.9 Å². The lowest BCUT2D eigenvalue weighted by Gasteiger charge is -2.49. The first-order valence-corrected chi connectivity index (χ1v) is 10.4. The number of aromatic nitrogens is 1. The quantitative estimate of drug-likeness (QED) is 0.786. The number of aliphatic imine (C=N–C) groups is 1. The van der Waals surface area contributed by atoms with Crippen LogP contribution in [0, 0.1) is 5.92 Å². The van der Waals surface area contributed by atoms with Gasteiger partial charge in [0.25, 0.3) is 0 Å². The molecule has 7 heteroatoms. The maximum atomic E-state index is 6.40. The Hall–Kier alpha value is -1.76. The Bertz CT molecular complexity index is 937. The average Bonchev–Trinajstić information content (AvgIpc) is 3.04. The minimum atomic E-state index is -0.422. The van der Waals surface area contributed by atoms with Gasteiger partial charge >= 0.3 is 0 Å². The second kappa shape index (κ2) is 6.40. The number of hydrogen-bond acceptors (Lipinski definition) is 6. The van der Waals surface area contributed by atoms with E-state index >= 15 is 0 Å². The van der Waals surface area contributed by atoms with Gasteiger partial charge < -0.3 is 15.2 Å².